The van der Waals surface area contributed by atoms with Gasteiger partial charge in [-0.15, -0.1) is 0 Å². The molecule has 0 saturated carbocycles. The Labute approximate surface area is 381 Å². The molecule has 0 spiro atoms. The number of hydrogen-bond donors (Lipinski definition) is 11. The Morgan fingerprint density at radius 3 is 2.36 bits per heavy atom. The minimum absolute atomic E-state index is 0.0569. The molecule has 1 amide bonds. The summed E-state index contributed by atoms with van der Waals surface area (Å²) in [6.45, 7) is -1.02. The van der Waals surface area contributed by atoms with E-state index < -0.39 is 131 Å². The molecule has 1 aromatic carbocycles. The van der Waals surface area contributed by atoms with E-state index in [0.29, 0.717) is 0 Å². The second kappa shape index (κ2) is 18.5. The van der Waals surface area contributed by atoms with Gasteiger partial charge in [-0.1, -0.05) is 4.98 Å². The van der Waals surface area contributed by atoms with Gasteiger partial charge in [0.15, 0.2) is 41.1 Å². The number of carbonyl (C=O) groups is 1. The van der Waals surface area contributed by atoms with E-state index in [1.807, 2.05) is 0 Å². The number of ether oxygens (including phenoxy) is 5. The molecule has 34 nitrogen and oxygen atoms in total. The zero-order valence-corrected chi connectivity index (χ0v) is 37.7. The second-order valence-electron chi connectivity index (χ2n) is 15.3. The number of anilines is 2. The van der Waals surface area contributed by atoms with Crippen LogP contribution in [0, 0.1) is 10.1 Å². The van der Waals surface area contributed by atoms with E-state index in [-0.39, 0.29) is 52.1 Å². The van der Waals surface area contributed by atoms with Crippen LogP contribution in [0.5, 0.6) is 11.5 Å². The van der Waals surface area contributed by atoms with Gasteiger partial charge in [0.1, 0.15) is 42.7 Å². The van der Waals surface area contributed by atoms with Crippen LogP contribution >= 0.6 is 23.0 Å². The molecule has 3 aliphatic heterocycles. The lowest BCUT2D eigenvalue weighted by Gasteiger charge is -2.21. The fourth-order valence-electron chi connectivity index (χ4n) is 7.44. The van der Waals surface area contributed by atoms with Crippen LogP contribution in [0.1, 0.15) is 31.0 Å². The van der Waals surface area contributed by atoms with Crippen LogP contribution in [0.15, 0.2) is 34.4 Å². The molecule has 3 aliphatic rings. The van der Waals surface area contributed by atoms with Gasteiger partial charge in [0.05, 0.1) is 43.1 Å². The summed E-state index contributed by atoms with van der Waals surface area (Å²) in [7, 11) is -15.2. The van der Waals surface area contributed by atoms with Gasteiger partial charge in [-0.2, -0.15) is 4.98 Å². The predicted molar refractivity (Wildman–Crippen MR) is 221 cm³/mol. The fraction of sp³-hybridized carbons (Fsp3) is 0.469. The third kappa shape index (κ3) is 10.1. The lowest BCUT2D eigenvalue weighted by Crippen LogP contribution is -2.46. The molecule has 12 atom stereocenters. The first-order valence-corrected chi connectivity index (χ1v) is 24.6. The highest BCUT2D eigenvalue weighted by atomic mass is 31.3. The molecule has 0 bridgehead atoms. The van der Waals surface area contributed by atoms with Crippen LogP contribution in [0.2, 0.25) is 0 Å². The SMILES string of the molecule is CC(OC(=O)Nc1nc2c(c(=O)[nH]1)n(C)c[n+]2[C@@H]1O[C@H](COP(=O)(O)CP(=O)(O)OP(=O)(O)OC[C@H]2O[C@@H](n3cnc4c(=O)[nH]c(N)nc43)C(O)[C@H]2O)[C@H](O)C1O)c1cc2c(cc1[N+](=O)[O-])OCO2. The zero-order valence-electron chi connectivity index (χ0n) is 35.0. The quantitative estimate of drug-likeness (QED) is 0.0219. The number of aliphatic hydroxyl groups is 4. The normalized spacial score (nSPS) is 26.4. The van der Waals surface area contributed by atoms with Crippen molar-refractivity contribution in [2.45, 2.75) is 62.1 Å². The number of fused-ring (bicyclic) bond motifs is 3. The fourth-order valence-corrected chi connectivity index (χ4v) is 12.4. The average Bonchev–Trinajstić information content (AvgIpc) is 4.07. The Morgan fingerprint density at radius 1 is 0.986 bits per heavy atom. The van der Waals surface area contributed by atoms with Gasteiger partial charge in [0, 0.05) is 0 Å². The highest BCUT2D eigenvalue weighted by molar-refractivity contribution is 7.74. The van der Waals surface area contributed by atoms with E-state index in [0.717, 1.165) is 21.5 Å². The third-order valence-electron chi connectivity index (χ3n) is 10.5. The Morgan fingerprint density at radius 2 is 1.65 bits per heavy atom. The van der Waals surface area contributed by atoms with Gasteiger partial charge in [0.2, 0.25) is 24.5 Å². The number of amides is 1. The molecule has 8 rings (SSSR count). The molecular formula is C32H39N11O23P3+. The van der Waals surface area contributed by atoms with E-state index in [2.05, 4.69) is 39.1 Å². The smallest absolute Gasteiger partial charge is 0.454 e. The molecular weight excluding hydrogens is 999 g/mol. The van der Waals surface area contributed by atoms with Crippen LogP contribution in [0.25, 0.3) is 22.3 Å². The number of hydrogen-bond acceptors (Lipinski definition) is 24. The van der Waals surface area contributed by atoms with Gasteiger partial charge in [-0.05, 0) is 13.0 Å². The van der Waals surface area contributed by atoms with Crippen molar-refractivity contribution in [3.8, 4) is 11.5 Å². The minimum Gasteiger partial charge on any atom is -0.454 e. The highest BCUT2D eigenvalue weighted by Crippen LogP contribution is 2.66. The number of carbonyl (C=O) groups excluding carboxylic acids is 1. The predicted octanol–water partition coefficient (Wildman–Crippen LogP) is -2.07. The summed E-state index contributed by atoms with van der Waals surface area (Å²) in [6.07, 6.45) is -14.1. The van der Waals surface area contributed by atoms with Crippen LogP contribution in [-0.2, 0) is 48.3 Å². The highest BCUT2D eigenvalue weighted by Gasteiger charge is 2.50. The van der Waals surface area contributed by atoms with Gasteiger partial charge in [-0.25, -0.2) is 28.5 Å². The molecule has 374 valence electrons. The minimum atomic E-state index is -5.65. The number of nitro groups is 1. The first kappa shape index (κ1) is 49.6. The van der Waals surface area contributed by atoms with Crippen molar-refractivity contribution < 1.29 is 100 Å². The number of nitrogen functional groups attached to an aromatic ring is 1. The van der Waals surface area contributed by atoms with E-state index in [1.54, 1.807) is 0 Å². The molecule has 0 radical (unpaired) electrons. The Kier molecular flexibility index (Phi) is 13.3. The maximum absolute atomic E-state index is 13.2. The van der Waals surface area contributed by atoms with Crippen molar-refractivity contribution in [1.29, 1.82) is 0 Å². The maximum Gasteiger partial charge on any atom is 0.479 e. The van der Waals surface area contributed by atoms with Crippen molar-refractivity contribution in [1.82, 2.24) is 34.1 Å². The molecule has 0 aliphatic carbocycles. The summed E-state index contributed by atoms with van der Waals surface area (Å²) in [5.41, 5.74) is 2.68. The second-order valence-corrected chi connectivity index (χ2v) is 21.1. The summed E-state index contributed by atoms with van der Waals surface area (Å²) >= 11 is 0. The van der Waals surface area contributed by atoms with Gasteiger partial charge in [-0.3, -0.25) is 52.5 Å². The Bertz CT molecular complexity index is 3130. The Balaban J connectivity index is 0.873. The molecule has 2 fully saturated rings. The van der Waals surface area contributed by atoms with Gasteiger partial charge < -0.3 is 69.0 Å². The lowest BCUT2D eigenvalue weighted by atomic mass is 10.1. The van der Waals surface area contributed by atoms with Crippen molar-refractivity contribution >= 4 is 69.0 Å². The molecule has 12 N–H and O–H groups in total. The summed E-state index contributed by atoms with van der Waals surface area (Å²) in [4.78, 5) is 96.7. The standard InChI is InChI=1S/C32H38N11O23P3/c1-11(12-3-14-15(60-9-59-14)4-13(12)43(51)52)63-32(50)39-31-36-25-19(27(49)38-31)40(2)8-42(25)29-23(47)20(44)16(65-29)5-61-67(53,54)10-68(55,56)66-69(57,58)62-6-17-21(45)22(46)28(64-17)41-7-34-18-24(41)35-30(33)37-26(18)48/h3-4,7-8,11,16-17,20-23,28-29,44-47H,5-6,9-10H2,1-2H3,(H7-,33,35,36,37,38,39,48,49,50,53,54,55,56,57,58)/p+1/t11?,16-,17-,20+,21+,22?,23?,28-,29-/m1/s1. The van der Waals surface area contributed by atoms with E-state index in [4.69, 9.17) is 33.9 Å². The molecule has 6 unspecified atom stereocenters. The number of H-pyrrole nitrogens is 2. The number of benzene rings is 1. The number of nitro benzene ring substituents is 1. The van der Waals surface area contributed by atoms with Crippen molar-refractivity contribution in [2.24, 2.45) is 7.05 Å². The first-order chi connectivity index (χ1) is 32.3. The van der Waals surface area contributed by atoms with Gasteiger partial charge in [0.25, 0.3) is 22.8 Å². The first-order valence-electron chi connectivity index (χ1n) is 19.6. The number of phosphoric acid groups is 1. The number of rotatable bonds is 16. The number of aromatic amines is 2. The van der Waals surface area contributed by atoms with Crippen molar-refractivity contribution in [2.75, 3.05) is 37.0 Å². The van der Waals surface area contributed by atoms with Crippen LogP contribution in [0.3, 0.4) is 0 Å². The van der Waals surface area contributed by atoms with Crippen LogP contribution < -0.4 is 36.2 Å². The molecule has 5 aromatic rings. The number of nitrogens with zero attached hydrogens (tertiary/aromatic N) is 7. The lowest BCUT2D eigenvalue weighted by molar-refractivity contribution is -0.745. The summed E-state index contributed by atoms with van der Waals surface area (Å²) < 4.78 is 82.6. The largest absolute Gasteiger partial charge is 0.479 e. The monoisotopic (exact) mass is 1040 g/mol. The summed E-state index contributed by atoms with van der Waals surface area (Å²) in [6, 6.07) is 2.37. The number of phosphoric ester groups is 1. The summed E-state index contributed by atoms with van der Waals surface area (Å²) in [5, 5.41) is 56.9. The average molecular weight is 1040 g/mol. The maximum atomic E-state index is 13.2. The number of nitrogens with one attached hydrogen (secondary N) is 3. The Hall–Kier alpha value is -5.80. The molecule has 69 heavy (non-hydrogen) atoms. The van der Waals surface area contributed by atoms with Crippen molar-refractivity contribution in [3.05, 3.63) is 61.2 Å². The molecule has 2 saturated heterocycles. The van der Waals surface area contributed by atoms with E-state index in [1.165, 1.54) is 30.9 Å². The van der Waals surface area contributed by atoms with E-state index in [9.17, 15) is 73.3 Å². The molecule has 4 aromatic heterocycles. The number of nitrogens with two attached hydrogens (primary N) is 1. The third-order valence-corrected chi connectivity index (χ3v) is 16.3. The summed E-state index contributed by atoms with van der Waals surface area (Å²) in [5.74, 6) is -2.41. The number of aromatic nitrogens is 8. The van der Waals surface area contributed by atoms with E-state index >= 15 is 0 Å². The van der Waals surface area contributed by atoms with Crippen LogP contribution in [0.4, 0.5) is 22.4 Å². The molecule has 7 heterocycles. The number of imidazole rings is 2. The topological polar surface area (TPSA) is 483 Å². The van der Waals surface area contributed by atoms with Gasteiger partial charge >= 0.3 is 34.8 Å². The number of aryl methyl sites for hydroxylation is 1. The van der Waals surface area contributed by atoms with Crippen LogP contribution in [-0.4, -0.2) is 143 Å². The zero-order chi connectivity index (χ0) is 50.1. The molecule has 37 heteroatoms. The number of aliphatic hydroxyl groups excluding tert-OH is 4. The van der Waals surface area contributed by atoms with Crippen molar-refractivity contribution in [3.63, 3.8) is 0 Å².